The summed E-state index contributed by atoms with van der Waals surface area (Å²) in [5.74, 6) is 7.56. The quantitative estimate of drug-likeness (QED) is 0.558. The van der Waals surface area contributed by atoms with Crippen LogP contribution < -0.4 is 16.6 Å². The topological polar surface area (TPSA) is 75.9 Å². The van der Waals surface area contributed by atoms with Crippen molar-refractivity contribution >= 4 is 23.0 Å². The van der Waals surface area contributed by atoms with Crippen molar-refractivity contribution in [3.05, 3.63) is 34.3 Å². The Hall–Kier alpha value is -1.66. The average molecular weight is 249 g/mol. The summed E-state index contributed by atoms with van der Waals surface area (Å²) in [5.41, 5.74) is 3.79. The Bertz CT molecular complexity index is 446. The van der Waals surface area contributed by atoms with Crippen molar-refractivity contribution in [2.45, 2.75) is 19.9 Å². The monoisotopic (exact) mass is 249 g/mol. The van der Waals surface area contributed by atoms with Gasteiger partial charge in [0.25, 0.3) is 0 Å². The van der Waals surface area contributed by atoms with E-state index in [0.29, 0.717) is 5.82 Å². The molecule has 0 atom stereocenters. The highest BCUT2D eigenvalue weighted by atomic mass is 32.1. The highest BCUT2D eigenvalue weighted by Gasteiger charge is 2.02. The molecule has 0 aliphatic heterocycles. The van der Waals surface area contributed by atoms with E-state index in [-0.39, 0.29) is 0 Å². The molecule has 5 nitrogen and oxygen atoms in total. The fourth-order valence-corrected chi connectivity index (χ4v) is 2.07. The summed E-state index contributed by atoms with van der Waals surface area (Å²) in [5, 5.41) is 7.42. The van der Waals surface area contributed by atoms with E-state index in [1.54, 1.807) is 17.4 Å². The van der Waals surface area contributed by atoms with Gasteiger partial charge < -0.3 is 10.7 Å². The fourth-order valence-electron chi connectivity index (χ4n) is 1.41. The molecule has 4 N–H and O–H groups in total. The van der Waals surface area contributed by atoms with Crippen LogP contribution in [0.25, 0.3) is 0 Å². The third kappa shape index (κ3) is 3.15. The van der Waals surface area contributed by atoms with Gasteiger partial charge in [-0.3, -0.25) is 0 Å². The Balaban J connectivity index is 2.09. The highest BCUT2D eigenvalue weighted by molar-refractivity contribution is 7.07. The minimum atomic E-state index is 0.629. The molecule has 2 rings (SSSR count). The molecule has 0 amide bonds. The molecular weight excluding hydrogens is 234 g/mol. The fraction of sp³-hybridized carbons (Fsp3) is 0.273. The number of rotatable bonds is 5. The average Bonchev–Trinajstić information content (AvgIpc) is 2.89. The first-order valence-electron chi connectivity index (χ1n) is 5.41. The summed E-state index contributed by atoms with van der Waals surface area (Å²) in [4.78, 5) is 8.62. The van der Waals surface area contributed by atoms with Gasteiger partial charge in [0.15, 0.2) is 0 Å². The summed E-state index contributed by atoms with van der Waals surface area (Å²) >= 11 is 1.68. The van der Waals surface area contributed by atoms with Crippen molar-refractivity contribution in [2.24, 2.45) is 5.84 Å². The van der Waals surface area contributed by atoms with Crippen molar-refractivity contribution in [2.75, 3.05) is 10.7 Å². The third-order valence-electron chi connectivity index (χ3n) is 2.29. The number of nitrogens with zero attached hydrogens (tertiary/aromatic N) is 2. The maximum atomic E-state index is 5.37. The second-order valence-corrected chi connectivity index (χ2v) is 4.32. The van der Waals surface area contributed by atoms with Gasteiger partial charge in [0.05, 0.1) is 0 Å². The number of aromatic nitrogens is 2. The zero-order valence-electron chi connectivity index (χ0n) is 9.60. The summed E-state index contributed by atoms with van der Waals surface area (Å²) in [6.07, 6.45) is 0.780. The number of hydrogen-bond acceptors (Lipinski definition) is 6. The van der Waals surface area contributed by atoms with Gasteiger partial charge in [-0.2, -0.15) is 11.3 Å². The Morgan fingerprint density at radius 1 is 1.35 bits per heavy atom. The molecule has 0 aliphatic carbocycles. The van der Waals surface area contributed by atoms with Gasteiger partial charge >= 0.3 is 0 Å². The van der Waals surface area contributed by atoms with Crippen molar-refractivity contribution in [3.8, 4) is 0 Å². The number of nitrogens with one attached hydrogen (secondary N) is 2. The Morgan fingerprint density at radius 3 is 2.82 bits per heavy atom. The predicted octanol–water partition coefficient (Wildman–Crippen LogP) is 2.00. The SMILES string of the molecule is CCc1nc(NN)cc(NCc2ccsc2)n1. The first-order chi connectivity index (χ1) is 8.31. The second-order valence-electron chi connectivity index (χ2n) is 3.54. The van der Waals surface area contributed by atoms with Crippen molar-refractivity contribution < 1.29 is 0 Å². The van der Waals surface area contributed by atoms with Gasteiger partial charge in [-0.25, -0.2) is 15.8 Å². The normalized spacial score (nSPS) is 10.2. The first-order valence-corrected chi connectivity index (χ1v) is 6.35. The molecule has 0 aromatic carbocycles. The minimum Gasteiger partial charge on any atom is -0.366 e. The molecule has 0 fully saturated rings. The number of anilines is 2. The first kappa shape index (κ1) is 11.8. The van der Waals surface area contributed by atoms with Crippen LogP contribution in [0.15, 0.2) is 22.9 Å². The number of hydrogen-bond donors (Lipinski definition) is 3. The lowest BCUT2D eigenvalue weighted by Gasteiger charge is -2.08. The standard InChI is InChI=1S/C11H15N5S/c1-2-9-14-10(5-11(15-9)16-12)13-6-8-3-4-17-7-8/h3-5,7H,2,6,12H2,1H3,(H2,13,14,15,16). The maximum absolute atomic E-state index is 5.37. The molecular formula is C11H15N5S. The van der Waals surface area contributed by atoms with E-state index in [4.69, 9.17) is 5.84 Å². The number of thiophene rings is 1. The highest BCUT2D eigenvalue weighted by Crippen LogP contribution is 2.13. The van der Waals surface area contributed by atoms with Gasteiger partial charge in [-0.05, 0) is 22.4 Å². The maximum Gasteiger partial charge on any atom is 0.145 e. The van der Waals surface area contributed by atoms with Crippen LogP contribution in [0.5, 0.6) is 0 Å². The lowest BCUT2D eigenvalue weighted by molar-refractivity contribution is 0.931. The smallest absolute Gasteiger partial charge is 0.145 e. The molecule has 17 heavy (non-hydrogen) atoms. The molecule has 0 aliphatic rings. The molecule has 2 aromatic rings. The van der Waals surface area contributed by atoms with Crippen LogP contribution >= 0.6 is 11.3 Å². The second kappa shape index (κ2) is 5.60. The molecule has 90 valence electrons. The van der Waals surface area contributed by atoms with Crippen LogP contribution in [-0.4, -0.2) is 9.97 Å². The van der Waals surface area contributed by atoms with Gasteiger partial charge in [0, 0.05) is 19.0 Å². The summed E-state index contributed by atoms with van der Waals surface area (Å²) in [7, 11) is 0. The van der Waals surface area contributed by atoms with E-state index < -0.39 is 0 Å². The summed E-state index contributed by atoms with van der Waals surface area (Å²) in [6.45, 7) is 2.77. The Morgan fingerprint density at radius 2 is 2.18 bits per heavy atom. The lowest BCUT2D eigenvalue weighted by Crippen LogP contribution is -2.12. The van der Waals surface area contributed by atoms with Crippen LogP contribution in [0, 0.1) is 0 Å². The number of hydrazine groups is 1. The van der Waals surface area contributed by atoms with E-state index in [0.717, 1.165) is 24.6 Å². The molecule has 0 bridgehead atoms. The van der Waals surface area contributed by atoms with Crippen LogP contribution in [0.1, 0.15) is 18.3 Å². The third-order valence-corrected chi connectivity index (χ3v) is 3.02. The van der Waals surface area contributed by atoms with Gasteiger partial charge in [-0.15, -0.1) is 0 Å². The summed E-state index contributed by atoms with van der Waals surface area (Å²) < 4.78 is 0. The molecule has 2 heterocycles. The van der Waals surface area contributed by atoms with Crippen LogP contribution in [0.2, 0.25) is 0 Å². The minimum absolute atomic E-state index is 0.629. The Kier molecular flexibility index (Phi) is 3.89. The molecule has 0 saturated carbocycles. The van der Waals surface area contributed by atoms with E-state index in [1.165, 1.54) is 5.56 Å². The molecule has 2 aromatic heterocycles. The lowest BCUT2D eigenvalue weighted by atomic mass is 10.3. The van der Waals surface area contributed by atoms with E-state index in [9.17, 15) is 0 Å². The van der Waals surface area contributed by atoms with Crippen LogP contribution in [0.4, 0.5) is 11.6 Å². The van der Waals surface area contributed by atoms with Crippen LogP contribution in [-0.2, 0) is 13.0 Å². The Labute approximate surface area is 104 Å². The van der Waals surface area contributed by atoms with E-state index in [2.05, 4.69) is 37.5 Å². The van der Waals surface area contributed by atoms with Gasteiger partial charge in [0.2, 0.25) is 0 Å². The van der Waals surface area contributed by atoms with Crippen LogP contribution in [0.3, 0.4) is 0 Å². The predicted molar refractivity (Wildman–Crippen MR) is 70.9 cm³/mol. The summed E-state index contributed by atoms with van der Waals surface area (Å²) in [6, 6.07) is 3.88. The number of nitrogens with two attached hydrogens (primary N) is 1. The van der Waals surface area contributed by atoms with E-state index >= 15 is 0 Å². The number of nitrogen functional groups attached to an aromatic ring is 1. The molecule has 0 radical (unpaired) electrons. The molecule has 0 saturated heterocycles. The van der Waals surface area contributed by atoms with Crippen molar-refractivity contribution in [1.82, 2.24) is 9.97 Å². The van der Waals surface area contributed by atoms with Crippen molar-refractivity contribution in [1.29, 1.82) is 0 Å². The zero-order valence-corrected chi connectivity index (χ0v) is 10.4. The van der Waals surface area contributed by atoms with E-state index in [1.807, 2.05) is 6.92 Å². The molecule has 0 unspecified atom stereocenters. The molecule has 0 spiro atoms. The van der Waals surface area contributed by atoms with Crippen molar-refractivity contribution in [3.63, 3.8) is 0 Å². The van der Waals surface area contributed by atoms with Gasteiger partial charge in [0.1, 0.15) is 17.5 Å². The number of aryl methyl sites for hydroxylation is 1. The zero-order chi connectivity index (χ0) is 12.1. The van der Waals surface area contributed by atoms with Gasteiger partial charge in [-0.1, -0.05) is 6.92 Å². The largest absolute Gasteiger partial charge is 0.366 e. The molecule has 6 heteroatoms.